The van der Waals surface area contributed by atoms with Crippen molar-refractivity contribution < 1.29 is 4.79 Å². The molecule has 1 amide bonds. The monoisotopic (exact) mass is 236 g/mol. The van der Waals surface area contributed by atoms with Gasteiger partial charge in [0, 0.05) is 12.7 Å². The molecule has 1 N–H and O–H groups in total. The van der Waals surface area contributed by atoms with Gasteiger partial charge in [0.2, 0.25) is 0 Å². The predicted molar refractivity (Wildman–Crippen MR) is 62.5 cm³/mol. The Labute approximate surface area is 97.2 Å². The number of rotatable bonds is 4. The largest absolute Gasteiger partial charge is 0.352 e. The highest BCUT2D eigenvalue weighted by Crippen LogP contribution is 2.10. The van der Waals surface area contributed by atoms with Gasteiger partial charge in [-0.25, -0.2) is 4.98 Å². The zero-order valence-electron chi connectivity index (χ0n) is 8.93. The number of aromatic nitrogens is 3. The van der Waals surface area contributed by atoms with Crippen LogP contribution in [-0.2, 0) is 0 Å². The van der Waals surface area contributed by atoms with Gasteiger partial charge in [-0.3, -0.25) is 4.79 Å². The Hall–Kier alpha value is -1.56. The molecule has 0 unspecified atom stereocenters. The maximum Gasteiger partial charge on any atom is 0.252 e. The van der Waals surface area contributed by atoms with Crippen molar-refractivity contribution in [1.82, 2.24) is 19.0 Å². The van der Waals surface area contributed by atoms with Gasteiger partial charge in [-0.15, -0.1) is 0 Å². The topological polar surface area (TPSA) is 67.8 Å². The molecular weight excluding hydrogens is 224 g/mol. The van der Waals surface area contributed by atoms with Gasteiger partial charge in [-0.05, 0) is 12.5 Å². The molecule has 0 aliphatic rings. The summed E-state index contributed by atoms with van der Waals surface area (Å²) in [4.78, 5) is 15.8. The number of hydrogen-bond donors (Lipinski definition) is 1. The molecule has 0 radical (unpaired) electrons. The molecule has 0 aliphatic carbocycles. The summed E-state index contributed by atoms with van der Waals surface area (Å²) in [5, 5.41) is 2.83. The molecule has 0 saturated heterocycles. The molecule has 2 rings (SSSR count). The van der Waals surface area contributed by atoms with E-state index in [1.807, 2.05) is 0 Å². The first kappa shape index (κ1) is 10.9. The van der Waals surface area contributed by atoms with Crippen LogP contribution in [0.3, 0.4) is 0 Å². The first-order chi connectivity index (χ1) is 7.81. The number of pyridine rings is 1. The maximum absolute atomic E-state index is 11.7. The van der Waals surface area contributed by atoms with E-state index in [0.717, 1.165) is 24.6 Å². The molecule has 2 heterocycles. The molecular formula is C10H12N4OS. The summed E-state index contributed by atoms with van der Waals surface area (Å²) in [7, 11) is 0. The summed E-state index contributed by atoms with van der Waals surface area (Å²) in [6.07, 6.45) is 3.58. The molecule has 0 saturated carbocycles. The normalized spacial score (nSPS) is 10.6. The third-order valence-electron chi connectivity index (χ3n) is 2.19. The quantitative estimate of drug-likeness (QED) is 0.819. The highest BCUT2D eigenvalue weighted by molar-refractivity contribution is 7.00. The number of carbonyl (C=O) groups is 1. The van der Waals surface area contributed by atoms with Crippen molar-refractivity contribution in [3.05, 3.63) is 17.8 Å². The second-order valence-corrected chi connectivity index (χ2v) is 3.97. The Bertz CT molecular complexity index is 496. The van der Waals surface area contributed by atoms with E-state index in [2.05, 4.69) is 26.0 Å². The lowest BCUT2D eigenvalue weighted by atomic mass is 10.2. The molecule has 6 heteroatoms. The number of amides is 1. The summed E-state index contributed by atoms with van der Waals surface area (Å²) in [6.45, 7) is 2.78. The molecule has 2 aromatic heterocycles. The minimum absolute atomic E-state index is 0.101. The molecule has 84 valence electrons. The molecule has 5 nitrogen and oxygen atoms in total. The van der Waals surface area contributed by atoms with E-state index >= 15 is 0 Å². The van der Waals surface area contributed by atoms with Gasteiger partial charge in [-0.2, -0.15) is 8.75 Å². The fourth-order valence-corrected chi connectivity index (χ4v) is 1.77. The third kappa shape index (κ3) is 2.33. The molecule has 0 spiro atoms. The fourth-order valence-electron chi connectivity index (χ4n) is 1.29. The minimum atomic E-state index is -0.101. The number of unbranched alkanes of at least 4 members (excludes halogenated alkanes) is 1. The Morgan fingerprint density at radius 2 is 2.38 bits per heavy atom. The van der Waals surface area contributed by atoms with E-state index in [1.54, 1.807) is 6.07 Å². The van der Waals surface area contributed by atoms with Crippen LogP contribution in [0.2, 0.25) is 0 Å². The van der Waals surface area contributed by atoms with Crippen molar-refractivity contribution in [3.8, 4) is 0 Å². The molecule has 2 aromatic rings. The summed E-state index contributed by atoms with van der Waals surface area (Å²) in [5.74, 6) is -0.101. The number of nitrogens with one attached hydrogen (secondary N) is 1. The second kappa shape index (κ2) is 4.98. The number of hydrogen-bond acceptors (Lipinski definition) is 5. The van der Waals surface area contributed by atoms with Gasteiger partial charge in [0.05, 0.1) is 17.3 Å². The van der Waals surface area contributed by atoms with Crippen LogP contribution in [0.1, 0.15) is 30.1 Å². The van der Waals surface area contributed by atoms with Crippen molar-refractivity contribution in [2.75, 3.05) is 6.54 Å². The number of fused-ring (bicyclic) bond motifs is 1. The molecule has 0 bridgehead atoms. The van der Waals surface area contributed by atoms with Crippen molar-refractivity contribution in [2.45, 2.75) is 19.8 Å². The minimum Gasteiger partial charge on any atom is -0.352 e. The summed E-state index contributed by atoms with van der Waals surface area (Å²) in [5.41, 5.74) is 1.81. The van der Waals surface area contributed by atoms with Gasteiger partial charge in [0.1, 0.15) is 5.52 Å². The number of nitrogens with zero attached hydrogens (tertiary/aromatic N) is 3. The first-order valence-corrected chi connectivity index (χ1v) is 5.91. The van der Waals surface area contributed by atoms with Crippen LogP contribution < -0.4 is 5.32 Å². The number of carbonyl (C=O) groups excluding carboxylic acids is 1. The third-order valence-corrected chi connectivity index (χ3v) is 2.72. The van der Waals surface area contributed by atoms with Crippen LogP contribution in [0.15, 0.2) is 12.3 Å². The lowest BCUT2D eigenvalue weighted by Gasteiger charge is -2.02. The maximum atomic E-state index is 11.7. The van der Waals surface area contributed by atoms with Crippen molar-refractivity contribution in [1.29, 1.82) is 0 Å². The van der Waals surface area contributed by atoms with Crippen molar-refractivity contribution in [2.24, 2.45) is 0 Å². The lowest BCUT2D eigenvalue weighted by molar-refractivity contribution is 0.0953. The van der Waals surface area contributed by atoms with Gasteiger partial charge in [0.15, 0.2) is 5.65 Å². The summed E-state index contributed by atoms with van der Waals surface area (Å²) >= 11 is 1.10. The smallest absolute Gasteiger partial charge is 0.252 e. The van der Waals surface area contributed by atoms with E-state index < -0.39 is 0 Å². The van der Waals surface area contributed by atoms with E-state index in [4.69, 9.17) is 0 Å². The molecule has 0 aliphatic heterocycles. The van der Waals surface area contributed by atoms with Gasteiger partial charge in [-0.1, -0.05) is 13.3 Å². The molecule has 0 aromatic carbocycles. The van der Waals surface area contributed by atoms with Crippen molar-refractivity contribution >= 4 is 28.8 Å². The van der Waals surface area contributed by atoms with Crippen molar-refractivity contribution in [3.63, 3.8) is 0 Å². The predicted octanol–water partition coefficient (Wildman–Crippen LogP) is 1.62. The van der Waals surface area contributed by atoms with Gasteiger partial charge >= 0.3 is 0 Å². The first-order valence-electron chi connectivity index (χ1n) is 5.17. The van der Waals surface area contributed by atoms with E-state index in [0.29, 0.717) is 23.3 Å². The molecule has 0 atom stereocenters. The second-order valence-electron chi connectivity index (χ2n) is 3.44. The summed E-state index contributed by atoms with van der Waals surface area (Å²) < 4.78 is 8.03. The van der Waals surface area contributed by atoms with Gasteiger partial charge in [0.25, 0.3) is 5.91 Å². The Kier molecular flexibility index (Phi) is 3.40. The van der Waals surface area contributed by atoms with Crippen LogP contribution in [0.25, 0.3) is 11.2 Å². The summed E-state index contributed by atoms with van der Waals surface area (Å²) in [6, 6.07) is 1.72. The van der Waals surface area contributed by atoms with Crippen LogP contribution in [-0.4, -0.2) is 26.2 Å². The van der Waals surface area contributed by atoms with Crippen LogP contribution in [0.5, 0.6) is 0 Å². The highest BCUT2D eigenvalue weighted by Gasteiger charge is 2.08. The standard InChI is InChI=1S/C10H12N4OS/c1-2-3-4-11-10(15)7-5-8-9(12-6-7)14-16-13-8/h5-6H,2-4H2,1H3,(H,11,15). The zero-order valence-corrected chi connectivity index (χ0v) is 9.75. The Balaban J connectivity index is 2.10. The molecule has 16 heavy (non-hydrogen) atoms. The van der Waals surface area contributed by atoms with E-state index in [-0.39, 0.29) is 5.91 Å². The van der Waals surface area contributed by atoms with Crippen LogP contribution in [0.4, 0.5) is 0 Å². The van der Waals surface area contributed by atoms with Crippen LogP contribution in [0, 0.1) is 0 Å². The Morgan fingerprint density at radius 3 is 3.19 bits per heavy atom. The SMILES string of the molecule is CCCCNC(=O)c1cnc2nsnc2c1. The highest BCUT2D eigenvalue weighted by atomic mass is 32.1. The fraction of sp³-hybridized carbons (Fsp3) is 0.400. The average molecular weight is 236 g/mol. The average Bonchev–Trinajstić information content (AvgIpc) is 2.76. The van der Waals surface area contributed by atoms with Crippen LogP contribution >= 0.6 is 11.7 Å². The molecule has 0 fully saturated rings. The van der Waals surface area contributed by atoms with E-state index in [1.165, 1.54) is 6.20 Å². The van der Waals surface area contributed by atoms with Gasteiger partial charge < -0.3 is 5.32 Å². The van der Waals surface area contributed by atoms with E-state index in [9.17, 15) is 4.79 Å². The Morgan fingerprint density at radius 1 is 1.50 bits per heavy atom. The lowest BCUT2D eigenvalue weighted by Crippen LogP contribution is -2.24. The zero-order chi connectivity index (χ0) is 11.4.